The van der Waals surface area contributed by atoms with Crippen LogP contribution in [0.15, 0.2) is 17.6 Å². The summed E-state index contributed by atoms with van der Waals surface area (Å²) in [7, 11) is 1.67. The van der Waals surface area contributed by atoms with E-state index in [9.17, 15) is 12.9 Å². The first-order valence-corrected chi connectivity index (χ1v) is 4.29. The van der Waals surface area contributed by atoms with Crippen LogP contribution in [0.4, 0.5) is 12.9 Å². The third-order valence-corrected chi connectivity index (χ3v) is 2.37. The van der Waals surface area contributed by atoms with E-state index in [4.69, 9.17) is 0 Å². The molecule has 0 radical (unpaired) electrons. The summed E-state index contributed by atoms with van der Waals surface area (Å²) in [5.41, 5.74) is -0.829. The Morgan fingerprint density at radius 2 is 2.15 bits per heavy atom. The molecule has 8 heteroatoms. The van der Waals surface area contributed by atoms with E-state index in [1.54, 1.807) is 17.8 Å². The van der Waals surface area contributed by atoms with Gasteiger partial charge in [0, 0.05) is 19.4 Å². The number of thioether (sulfide) groups is 1. The van der Waals surface area contributed by atoms with Gasteiger partial charge in [-0.25, -0.2) is 4.98 Å². The van der Waals surface area contributed by atoms with Crippen molar-refractivity contribution in [2.45, 2.75) is 5.16 Å². The van der Waals surface area contributed by atoms with Gasteiger partial charge in [-0.3, -0.25) is 0 Å². The van der Waals surface area contributed by atoms with E-state index in [-0.39, 0.29) is 51.4 Å². The van der Waals surface area contributed by atoms with E-state index in [2.05, 4.69) is 4.98 Å². The molecule has 1 rings (SSSR count). The van der Waals surface area contributed by atoms with Crippen molar-refractivity contribution in [1.82, 2.24) is 9.55 Å². The van der Waals surface area contributed by atoms with E-state index in [0.717, 1.165) is 0 Å². The second-order valence-electron chi connectivity index (χ2n) is 2.34. The summed E-state index contributed by atoms with van der Waals surface area (Å²) in [5, 5.41) is 0.397. The van der Waals surface area contributed by atoms with Crippen molar-refractivity contribution in [1.29, 1.82) is 0 Å². The number of aromatic nitrogens is 2. The number of rotatable bonds is 3. The Balaban J connectivity index is 0.00000144. The molecular formula is C5H7BF3KN2S. The van der Waals surface area contributed by atoms with Gasteiger partial charge in [0.2, 0.25) is 0 Å². The molecule has 0 saturated heterocycles. The van der Waals surface area contributed by atoms with Gasteiger partial charge in [0.15, 0.2) is 5.16 Å². The summed E-state index contributed by atoms with van der Waals surface area (Å²) in [6.45, 7) is -4.71. The number of halogens is 3. The fourth-order valence-electron chi connectivity index (χ4n) is 0.660. The zero-order chi connectivity index (χ0) is 9.19. The third-order valence-electron chi connectivity index (χ3n) is 1.18. The van der Waals surface area contributed by atoms with Gasteiger partial charge in [-0.1, -0.05) is 0 Å². The molecule has 0 atom stereocenters. The van der Waals surface area contributed by atoms with Crippen molar-refractivity contribution in [3.05, 3.63) is 12.4 Å². The minimum absolute atomic E-state index is 0. The molecule has 1 aromatic rings. The molecule has 0 aliphatic heterocycles. The molecule has 0 saturated carbocycles. The van der Waals surface area contributed by atoms with Gasteiger partial charge in [-0.2, -0.15) is 0 Å². The molecule has 0 N–H and O–H groups in total. The molecule has 0 aliphatic rings. The molecule has 68 valence electrons. The van der Waals surface area contributed by atoms with Crippen LogP contribution in [0.2, 0.25) is 0 Å². The van der Waals surface area contributed by atoms with E-state index >= 15 is 0 Å². The summed E-state index contributed by atoms with van der Waals surface area (Å²) in [5.74, 6) is 0. The normalized spacial score (nSPS) is 11.1. The molecule has 1 aromatic heterocycles. The van der Waals surface area contributed by atoms with Crippen molar-refractivity contribution < 1.29 is 64.3 Å². The van der Waals surface area contributed by atoms with Gasteiger partial charge >= 0.3 is 58.4 Å². The van der Waals surface area contributed by atoms with Gasteiger partial charge in [-0.15, -0.1) is 11.8 Å². The molecule has 0 unspecified atom stereocenters. The Hall–Kier alpha value is 1.05. The number of nitrogens with zero attached hydrogens (tertiary/aromatic N) is 2. The minimum atomic E-state index is -4.71. The Kier molecular flexibility index (Phi) is 6.29. The maximum absolute atomic E-state index is 11.8. The van der Waals surface area contributed by atoms with E-state index in [1.807, 2.05) is 0 Å². The number of imidazole rings is 1. The van der Waals surface area contributed by atoms with Gasteiger partial charge < -0.3 is 17.5 Å². The van der Waals surface area contributed by atoms with Crippen molar-refractivity contribution in [2.24, 2.45) is 7.05 Å². The standard InChI is InChI=1S/C5H7BF3N2S.K/c1-11-3-2-10-5(11)12-4-6(7,8)9;/h2-3H,4H2,1H3;/q-1;+1. The van der Waals surface area contributed by atoms with Crippen LogP contribution < -0.4 is 51.4 Å². The number of hydrogen-bond donors (Lipinski definition) is 0. The van der Waals surface area contributed by atoms with Gasteiger partial charge in [-0.05, 0) is 5.65 Å². The fraction of sp³-hybridized carbons (Fsp3) is 0.400. The fourth-order valence-corrected chi connectivity index (χ4v) is 1.40. The number of aryl methyl sites for hydroxylation is 1. The zero-order valence-electron chi connectivity index (χ0n) is 7.38. The molecule has 0 aromatic carbocycles. The summed E-state index contributed by atoms with van der Waals surface area (Å²) in [6.07, 6.45) is 3.09. The van der Waals surface area contributed by atoms with Crippen LogP contribution in [-0.4, -0.2) is 22.2 Å². The summed E-state index contributed by atoms with van der Waals surface area (Å²) in [4.78, 5) is 3.75. The third kappa shape index (κ3) is 5.48. The van der Waals surface area contributed by atoms with Gasteiger partial charge in [0.1, 0.15) is 0 Å². The molecular weight excluding hydrogens is 227 g/mol. The molecule has 1 heterocycles. The molecule has 0 spiro atoms. The molecule has 13 heavy (non-hydrogen) atoms. The maximum atomic E-state index is 11.8. The second kappa shape index (κ2) is 5.82. The maximum Gasteiger partial charge on any atom is 1.00 e. The van der Waals surface area contributed by atoms with Crippen LogP contribution in [0.1, 0.15) is 0 Å². The van der Waals surface area contributed by atoms with Gasteiger partial charge in [0.25, 0.3) is 0 Å². The second-order valence-corrected chi connectivity index (χ2v) is 3.33. The first-order chi connectivity index (χ1) is 5.49. The summed E-state index contributed by atoms with van der Waals surface area (Å²) in [6, 6.07) is 0. The topological polar surface area (TPSA) is 17.8 Å². The molecule has 0 fully saturated rings. The average molecular weight is 234 g/mol. The van der Waals surface area contributed by atoms with Crippen molar-refractivity contribution in [2.75, 3.05) is 5.65 Å². The van der Waals surface area contributed by atoms with Crippen LogP contribution in [0.5, 0.6) is 0 Å². The minimum Gasteiger partial charge on any atom is -0.448 e. The van der Waals surface area contributed by atoms with Crippen LogP contribution in [0.25, 0.3) is 0 Å². The molecule has 2 nitrogen and oxygen atoms in total. The van der Waals surface area contributed by atoms with Crippen LogP contribution >= 0.6 is 11.8 Å². The Morgan fingerprint density at radius 1 is 1.54 bits per heavy atom. The predicted octanol–water partition coefficient (Wildman–Crippen LogP) is -1.10. The quantitative estimate of drug-likeness (QED) is 0.488. The van der Waals surface area contributed by atoms with E-state index in [1.165, 1.54) is 6.20 Å². The SMILES string of the molecule is Cn1ccnc1SC[B-](F)(F)F.[K+]. The van der Waals surface area contributed by atoms with Crippen molar-refractivity contribution in [3.63, 3.8) is 0 Å². The Morgan fingerprint density at radius 3 is 2.54 bits per heavy atom. The van der Waals surface area contributed by atoms with E-state index < -0.39 is 12.6 Å². The van der Waals surface area contributed by atoms with E-state index in [0.29, 0.717) is 16.9 Å². The van der Waals surface area contributed by atoms with Crippen molar-refractivity contribution >= 4 is 18.7 Å². The number of hydrogen-bond acceptors (Lipinski definition) is 2. The molecule has 0 amide bonds. The molecule has 0 bridgehead atoms. The Bertz CT molecular complexity index is 265. The Labute approximate surface area is 121 Å². The predicted molar refractivity (Wildman–Crippen MR) is 43.0 cm³/mol. The van der Waals surface area contributed by atoms with Gasteiger partial charge in [0.05, 0.1) is 0 Å². The first-order valence-electron chi connectivity index (χ1n) is 3.30. The monoisotopic (exact) mass is 234 g/mol. The zero-order valence-corrected chi connectivity index (χ0v) is 11.3. The largest absolute Gasteiger partial charge is 1.00 e. The van der Waals surface area contributed by atoms with Crippen molar-refractivity contribution in [3.8, 4) is 0 Å². The van der Waals surface area contributed by atoms with Crippen LogP contribution in [0.3, 0.4) is 0 Å². The summed E-state index contributed by atoms with van der Waals surface area (Å²) < 4.78 is 36.9. The molecule has 0 aliphatic carbocycles. The van der Waals surface area contributed by atoms with Crippen LogP contribution in [0, 0.1) is 0 Å². The summed E-state index contributed by atoms with van der Waals surface area (Å²) >= 11 is 0.715. The van der Waals surface area contributed by atoms with Crippen LogP contribution in [-0.2, 0) is 7.05 Å². The first kappa shape index (κ1) is 14.1. The average Bonchev–Trinajstić information content (AvgIpc) is 2.29. The smallest absolute Gasteiger partial charge is 0.448 e.